The van der Waals surface area contributed by atoms with Crippen LogP contribution in [-0.2, 0) is 11.3 Å². The molecule has 88 valence electrons. The predicted octanol–water partition coefficient (Wildman–Crippen LogP) is 0.719. The van der Waals surface area contributed by atoms with Crippen LogP contribution >= 0.6 is 15.9 Å². The van der Waals surface area contributed by atoms with E-state index < -0.39 is 0 Å². The average Bonchev–Trinajstić information content (AvgIpc) is 2.23. The van der Waals surface area contributed by atoms with Crippen LogP contribution in [0, 0.1) is 0 Å². The molecule has 0 unspecified atom stereocenters. The van der Waals surface area contributed by atoms with E-state index in [1.54, 1.807) is 10.8 Å². The van der Waals surface area contributed by atoms with Crippen LogP contribution in [0.25, 0.3) is 0 Å². The molecule has 1 aromatic heterocycles. The molecule has 0 spiro atoms. The van der Waals surface area contributed by atoms with Crippen LogP contribution in [0.5, 0.6) is 0 Å². The molecule has 0 aromatic carbocycles. The lowest BCUT2D eigenvalue weighted by Crippen LogP contribution is -2.24. The normalized spacial score (nSPS) is 10.1. The van der Waals surface area contributed by atoms with Crippen molar-refractivity contribution in [1.29, 1.82) is 0 Å². The van der Waals surface area contributed by atoms with Gasteiger partial charge in [-0.15, -0.1) is 0 Å². The van der Waals surface area contributed by atoms with E-state index in [0.29, 0.717) is 24.0 Å². The lowest BCUT2D eigenvalue weighted by atomic mass is 10.3. The third-order valence-electron chi connectivity index (χ3n) is 2.03. The van der Waals surface area contributed by atoms with Gasteiger partial charge in [-0.3, -0.25) is 9.59 Å². The summed E-state index contributed by atoms with van der Waals surface area (Å²) in [6.07, 6.45) is 3.52. The molecular weight excluding hydrogens is 274 g/mol. The first-order valence-electron chi connectivity index (χ1n) is 4.96. The van der Waals surface area contributed by atoms with Gasteiger partial charge in [0, 0.05) is 31.9 Å². The fraction of sp³-hybridized carbons (Fsp3) is 0.400. The minimum absolute atomic E-state index is 0.0177. The molecule has 0 saturated carbocycles. The van der Waals surface area contributed by atoms with Gasteiger partial charge in [0.1, 0.15) is 0 Å². The van der Waals surface area contributed by atoms with Gasteiger partial charge < -0.3 is 15.6 Å². The molecule has 0 aliphatic heterocycles. The molecular formula is C10H14BrN3O2. The number of aromatic nitrogens is 1. The Kier molecular flexibility index (Phi) is 4.54. The van der Waals surface area contributed by atoms with E-state index in [-0.39, 0.29) is 17.0 Å². The number of rotatable bonds is 4. The Bertz CT molecular complexity index is 416. The molecule has 0 aliphatic carbocycles. The summed E-state index contributed by atoms with van der Waals surface area (Å²) in [4.78, 5) is 22.5. The number of carbonyl (C=O) groups excluding carboxylic acids is 1. The topological polar surface area (TPSA) is 77.1 Å². The molecule has 0 saturated heterocycles. The summed E-state index contributed by atoms with van der Waals surface area (Å²) >= 11 is 3.12. The highest BCUT2D eigenvalue weighted by atomic mass is 79.9. The third kappa shape index (κ3) is 3.37. The fourth-order valence-corrected chi connectivity index (χ4v) is 1.75. The van der Waals surface area contributed by atoms with Crippen LogP contribution in [0.15, 0.2) is 21.7 Å². The van der Waals surface area contributed by atoms with Gasteiger partial charge in [0.15, 0.2) is 0 Å². The summed E-state index contributed by atoms with van der Waals surface area (Å²) in [7, 11) is 0. The zero-order valence-electron chi connectivity index (χ0n) is 9.00. The lowest BCUT2D eigenvalue weighted by molar-refractivity contribution is -0.121. The number of amides is 1. The van der Waals surface area contributed by atoms with Crippen molar-refractivity contribution in [3.8, 4) is 0 Å². The summed E-state index contributed by atoms with van der Waals surface area (Å²) in [5.74, 6) is -0.0177. The van der Waals surface area contributed by atoms with E-state index in [4.69, 9.17) is 5.73 Å². The van der Waals surface area contributed by atoms with Crippen molar-refractivity contribution in [3.05, 3.63) is 27.1 Å². The zero-order valence-corrected chi connectivity index (χ0v) is 10.6. The number of nitrogen functional groups attached to an aromatic ring is 1. The number of hydrogen-bond donors (Lipinski definition) is 2. The van der Waals surface area contributed by atoms with Crippen molar-refractivity contribution in [2.75, 3.05) is 12.3 Å². The van der Waals surface area contributed by atoms with Crippen LogP contribution in [0.3, 0.4) is 0 Å². The van der Waals surface area contributed by atoms with Crippen molar-refractivity contribution in [3.63, 3.8) is 0 Å². The van der Waals surface area contributed by atoms with Gasteiger partial charge >= 0.3 is 0 Å². The molecule has 16 heavy (non-hydrogen) atoms. The van der Waals surface area contributed by atoms with Crippen molar-refractivity contribution in [2.45, 2.75) is 19.9 Å². The Morgan fingerprint density at radius 1 is 1.56 bits per heavy atom. The van der Waals surface area contributed by atoms with Gasteiger partial charge in [-0.1, -0.05) is 0 Å². The first-order valence-corrected chi connectivity index (χ1v) is 5.75. The van der Waals surface area contributed by atoms with Gasteiger partial charge in [-0.05, 0) is 22.9 Å². The number of nitrogens with two attached hydrogens (primary N) is 1. The quantitative estimate of drug-likeness (QED) is 0.857. The number of aryl methyl sites for hydroxylation is 1. The van der Waals surface area contributed by atoms with Crippen LogP contribution in [0.4, 0.5) is 5.69 Å². The van der Waals surface area contributed by atoms with Gasteiger partial charge in [-0.2, -0.15) is 0 Å². The Morgan fingerprint density at radius 3 is 2.81 bits per heavy atom. The van der Waals surface area contributed by atoms with Crippen LogP contribution in [0.1, 0.15) is 13.3 Å². The number of nitrogens with one attached hydrogen (secondary N) is 1. The number of pyridine rings is 1. The maximum atomic E-state index is 11.3. The van der Waals surface area contributed by atoms with E-state index in [0.717, 1.165) is 0 Å². The Morgan fingerprint density at radius 2 is 2.25 bits per heavy atom. The van der Waals surface area contributed by atoms with Gasteiger partial charge in [0.2, 0.25) is 11.3 Å². The second-order valence-electron chi connectivity index (χ2n) is 3.33. The summed E-state index contributed by atoms with van der Waals surface area (Å²) in [5, 5.41) is 2.70. The first kappa shape index (κ1) is 12.8. The Hall–Kier alpha value is -1.30. The summed E-state index contributed by atoms with van der Waals surface area (Å²) in [6, 6.07) is 0. The average molecular weight is 288 g/mol. The van der Waals surface area contributed by atoms with E-state index in [1.807, 2.05) is 6.92 Å². The highest BCUT2D eigenvalue weighted by Gasteiger charge is 2.04. The van der Waals surface area contributed by atoms with E-state index in [9.17, 15) is 9.59 Å². The molecule has 3 N–H and O–H groups in total. The third-order valence-corrected chi connectivity index (χ3v) is 2.60. The van der Waals surface area contributed by atoms with Gasteiger partial charge in [-0.25, -0.2) is 0 Å². The largest absolute Gasteiger partial charge is 0.394 e. The number of nitrogens with zero attached hydrogens (tertiary/aromatic N) is 1. The number of halogens is 1. The fourth-order valence-electron chi connectivity index (χ4n) is 1.26. The molecule has 1 amide bonds. The standard InChI is InChI=1S/C10H14BrN3O2/c1-2-13-9(15)3-4-14-5-7(11)10(16)8(12)6-14/h5-6H,2-4,12H2,1H3,(H,13,15). The Labute approximate surface area is 102 Å². The molecule has 0 fully saturated rings. The van der Waals surface area contributed by atoms with Crippen LogP contribution in [0.2, 0.25) is 0 Å². The second-order valence-corrected chi connectivity index (χ2v) is 4.19. The van der Waals surface area contributed by atoms with Crippen LogP contribution < -0.4 is 16.5 Å². The lowest BCUT2D eigenvalue weighted by Gasteiger charge is -2.07. The predicted molar refractivity (Wildman–Crippen MR) is 66.1 cm³/mol. The molecule has 0 bridgehead atoms. The molecule has 1 rings (SSSR count). The monoisotopic (exact) mass is 287 g/mol. The summed E-state index contributed by atoms with van der Waals surface area (Å²) < 4.78 is 2.12. The molecule has 0 radical (unpaired) electrons. The molecule has 1 aromatic rings. The van der Waals surface area contributed by atoms with Crippen molar-refractivity contribution in [2.24, 2.45) is 0 Å². The highest BCUT2D eigenvalue weighted by molar-refractivity contribution is 9.10. The Balaban J connectivity index is 2.68. The maximum Gasteiger partial charge on any atom is 0.221 e. The molecule has 0 aliphatic rings. The summed E-state index contributed by atoms with van der Waals surface area (Å²) in [6.45, 7) is 2.98. The molecule has 0 atom stereocenters. The highest BCUT2D eigenvalue weighted by Crippen LogP contribution is 2.06. The minimum Gasteiger partial charge on any atom is -0.394 e. The van der Waals surface area contributed by atoms with E-state index in [2.05, 4.69) is 21.2 Å². The molecule has 1 heterocycles. The second kappa shape index (κ2) is 5.69. The number of anilines is 1. The van der Waals surface area contributed by atoms with Gasteiger partial charge in [0.05, 0.1) is 10.2 Å². The van der Waals surface area contributed by atoms with E-state index >= 15 is 0 Å². The number of hydrogen-bond acceptors (Lipinski definition) is 3. The maximum absolute atomic E-state index is 11.3. The SMILES string of the molecule is CCNC(=O)CCn1cc(N)c(=O)c(Br)c1. The molecule has 6 heteroatoms. The first-order chi connectivity index (χ1) is 7.54. The van der Waals surface area contributed by atoms with Crippen molar-refractivity contribution in [1.82, 2.24) is 9.88 Å². The minimum atomic E-state index is -0.228. The van der Waals surface area contributed by atoms with Crippen molar-refractivity contribution >= 4 is 27.5 Å². The zero-order chi connectivity index (χ0) is 12.1. The van der Waals surface area contributed by atoms with Crippen molar-refractivity contribution < 1.29 is 4.79 Å². The van der Waals surface area contributed by atoms with Crippen LogP contribution in [-0.4, -0.2) is 17.0 Å². The summed E-state index contributed by atoms with van der Waals surface area (Å²) in [5.41, 5.74) is 5.47. The number of carbonyl (C=O) groups is 1. The molecule has 5 nitrogen and oxygen atoms in total. The van der Waals surface area contributed by atoms with Gasteiger partial charge in [0.25, 0.3) is 0 Å². The smallest absolute Gasteiger partial charge is 0.221 e. The van der Waals surface area contributed by atoms with E-state index in [1.165, 1.54) is 6.20 Å².